The molecule has 2 aromatic rings. The molecule has 6 nitrogen and oxygen atoms in total. The molecule has 0 spiro atoms. The van der Waals surface area contributed by atoms with Crippen molar-refractivity contribution in [1.29, 1.82) is 0 Å². The topological polar surface area (TPSA) is 63.9 Å². The van der Waals surface area contributed by atoms with Crippen molar-refractivity contribution in [2.45, 2.75) is 19.4 Å². The molecule has 0 fully saturated rings. The van der Waals surface area contributed by atoms with Gasteiger partial charge in [-0.1, -0.05) is 11.3 Å². The van der Waals surface area contributed by atoms with E-state index in [-0.39, 0.29) is 6.04 Å². The second-order valence-corrected chi connectivity index (χ2v) is 4.42. The number of rotatable bonds is 2. The summed E-state index contributed by atoms with van der Waals surface area (Å²) in [7, 11) is 0. The number of nitrogens with zero attached hydrogens (tertiary/aromatic N) is 5. The van der Waals surface area contributed by atoms with Crippen LogP contribution in [-0.2, 0) is 11.2 Å². The van der Waals surface area contributed by atoms with Crippen molar-refractivity contribution >= 4 is 6.41 Å². The maximum absolute atomic E-state index is 13.2. The van der Waals surface area contributed by atoms with Gasteiger partial charge in [-0.3, -0.25) is 4.79 Å². The van der Waals surface area contributed by atoms with Gasteiger partial charge in [0.2, 0.25) is 12.4 Å². The first kappa shape index (κ1) is 11.8. The second-order valence-electron chi connectivity index (χ2n) is 4.42. The molecule has 98 valence electrons. The van der Waals surface area contributed by atoms with Crippen molar-refractivity contribution in [2.24, 2.45) is 0 Å². The molecule has 0 aromatic carbocycles. The molecule has 3 heterocycles. The summed E-state index contributed by atoms with van der Waals surface area (Å²) in [5.74, 6) is -0.152. The molecule has 1 atom stereocenters. The molecule has 2 aromatic heterocycles. The summed E-state index contributed by atoms with van der Waals surface area (Å²) < 4.78 is 14.7. The average Bonchev–Trinajstić information content (AvgIpc) is 2.84. The van der Waals surface area contributed by atoms with Crippen LogP contribution in [-0.4, -0.2) is 37.8 Å². The highest BCUT2D eigenvalue weighted by atomic mass is 19.1. The van der Waals surface area contributed by atoms with Crippen LogP contribution in [0.15, 0.2) is 18.2 Å². The zero-order valence-electron chi connectivity index (χ0n) is 10.3. The van der Waals surface area contributed by atoms with Crippen molar-refractivity contribution in [1.82, 2.24) is 24.9 Å². The number of carbonyl (C=O) groups is 1. The molecule has 1 amide bonds. The summed E-state index contributed by atoms with van der Waals surface area (Å²) in [5.41, 5.74) is 1.62. The molecular formula is C12H12FN5O. The van der Waals surface area contributed by atoms with E-state index in [1.165, 1.54) is 10.7 Å². The third-order valence-electron chi connectivity index (χ3n) is 3.35. The van der Waals surface area contributed by atoms with Crippen molar-refractivity contribution in [3.63, 3.8) is 0 Å². The van der Waals surface area contributed by atoms with Crippen LogP contribution in [0.1, 0.15) is 24.4 Å². The van der Waals surface area contributed by atoms with Gasteiger partial charge in [-0.2, -0.15) is 9.07 Å². The number of hydrogen-bond acceptors (Lipinski definition) is 4. The van der Waals surface area contributed by atoms with Gasteiger partial charge in [0.25, 0.3) is 0 Å². The molecule has 1 unspecified atom stereocenters. The zero-order chi connectivity index (χ0) is 13.4. The monoisotopic (exact) mass is 261 g/mol. The lowest BCUT2D eigenvalue weighted by Crippen LogP contribution is -2.33. The second kappa shape index (κ2) is 4.42. The molecule has 0 saturated carbocycles. The Morgan fingerprint density at radius 2 is 2.32 bits per heavy atom. The van der Waals surface area contributed by atoms with Gasteiger partial charge in [0.15, 0.2) is 5.82 Å². The highest BCUT2D eigenvalue weighted by molar-refractivity contribution is 5.49. The summed E-state index contributed by atoms with van der Waals surface area (Å²) in [6.07, 6.45) is 1.44. The van der Waals surface area contributed by atoms with Crippen LogP contribution in [0.4, 0.5) is 4.39 Å². The van der Waals surface area contributed by atoms with Gasteiger partial charge in [-0.15, -0.1) is 5.10 Å². The first-order chi connectivity index (χ1) is 9.20. The van der Waals surface area contributed by atoms with E-state index in [9.17, 15) is 9.18 Å². The van der Waals surface area contributed by atoms with E-state index in [0.717, 1.165) is 17.8 Å². The van der Waals surface area contributed by atoms with Crippen LogP contribution in [0.25, 0.3) is 5.82 Å². The molecule has 3 rings (SSSR count). The van der Waals surface area contributed by atoms with Crippen LogP contribution in [0.5, 0.6) is 0 Å². The number of amides is 1. The summed E-state index contributed by atoms with van der Waals surface area (Å²) in [5, 5.41) is 8.12. The van der Waals surface area contributed by atoms with E-state index in [2.05, 4.69) is 15.3 Å². The Morgan fingerprint density at radius 1 is 1.47 bits per heavy atom. The molecule has 0 radical (unpaired) electrons. The minimum Gasteiger partial charge on any atom is -0.336 e. The predicted molar refractivity (Wildman–Crippen MR) is 64.0 cm³/mol. The molecule has 0 saturated heterocycles. The van der Waals surface area contributed by atoms with Gasteiger partial charge in [0.1, 0.15) is 5.69 Å². The van der Waals surface area contributed by atoms with Gasteiger partial charge >= 0.3 is 0 Å². The fourth-order valence-electron chi connectivity index (χ4n) is 2.30. The van der Waals surface area contributed by atoms with Crippen molar-refractivity contribution in [2.75, 3.05) is 6.54 Å². The SMILES string of the molecule is CC1c2nnn(-c3cccc(F)n3)c2CCN1C=O. The van der Waals surface area contributed by atoms with Gasteiger partial charge in [0.05, 0.1) is 11.7 Å². The minimum atomic E-state index is -0.555. The maximum atomic E-state index is 13.2. The van der Waals surface area contributed by atoms with E-state index in [1.807, 2.05) is 6.92 Å². The fourth-order valence-corrected chi connectivity index (χ4v) is 2.30. The Bertz CT molecular complexity index is 626. The Balaban J connectivity index is 2.05. The zero-order valence-corrected chi connectivity index (χ0v) is 10.3. The van der Waals surface area contributed by atoms with Crippen LogP contribution < -0.4 is 0 Å². The Morgan fingerprint density at radius 3 is 3.05 bits per heavy atom. The van der Waals surface area contributed by atoms with Crippen LogP contribution in [0, 0.1) is 5.95 Å². The van der Waals surface area contributed by atoms with Gasteiger partial charge < -0.3 is 4.90 Å². The van der Waals surface area contributed by atoms with Crippen molar-refractivity contribution in [3.05, 3.63) is 35.5 Å². The number of fused-ring (bicyclic) bond motifs is 1. The molecule has 0 N–H and O–H groups in total. The molecule has 19 heavy (non-hydrogen) atoms. The van der Waals surface area contributed by atoms with E-state index >= 15 is 0 Å². The molecule has 7 heteroatoms. The lowest BCUT2D eigenvalue weighted by molar-refractivity contribution is -0.120. The first-order valence-electron chi connectivity index (χ1n) is 5.99. The van der Waals surface area contributed by atoms with Crippen molar-refractivity contribution in [3.8, 4) is 5.82 Å². The van der Waals surface area contributed by atoms with Gasteiger partial charge in [-0.05, 0) is 19.1 Å². The fraction of sp³-hybridized carbons (Fsp3) is 0.333. The molecular weight excluding hydrogens is 249 g/mol. The number of halogens is 1. The Kier molecular flexibility index (Phi) is 2.73. The number of aromatic nitrogens is 4. The molecule has 1 aliphatic heterocycles. The number of hydrogen-bond donors (Lipinski definition) is 0. The van der Waals surface area contributed by atoms with Crippen LogP contribution in [0.3, 0.4) is 0 Å². The summed E-state index contributed by atoms with van der Waals surface area (Å²) in [6.45, 7) is 2.49. The van der Waals surface area contributed by atoms with E-state index < -0.39 is 5.95 Å². The average molecular weight is 261 g/mol. The summed E-state index contributed by atoms with van der Waals surface area (Å²) in [6, 6.07) is 4.41. The maximum Gasteiger partial charge on any atom is 0.214 e. The minimum absolute atomic E-state index is 0.122. The first-order valence-corrected chi connectivity index (χ1v) is 5.99. The standard InChI is InChI=1S/C12H12FN5O/c1-8-12-9(5-6-17(8)7-19)18(16-15-12)11-4-2-3-10(13)14-11/h2-4,7-8H,5-6H2,1H3. The third-order valence-corrected chi connectivity index (χ3v) is 3.35. The Hall–Kier alpha value is -2.31. The summed E-state index contributed by atoms with van der Waals surface area (Å²) >= 11 is 0. The highest BCUT2D eigenvalue weighted by Crippen LogP contribution is 2.27. The van der Waals surface area contributed by atoms with E-state index in [4.69, 9.17) is 0 Å². The van der Waals surface area contributed by atoms with Crippen molar-refractivity contribution < 1.29 is 9.18 Å². The smallest absolute Gasteiger partial charge is 0.214 e. The lowest BCUT2D eigenvalue weighted by Gasteiger charge is -2.28. The third kappa shape index (κ3) is 1.87. The normalized spacial score (nSPS) is 18.2. The number of pyridine rings is 1. The highest BCUT2D eigenvalue weighted by Gasteiger charge is 2.28. The predicted octanol–water partition coefficient (Wildman–Crippen LogP) is 0.877. The van der Waals surface area contributed by atoms with Crippen LogP contribution in [0.2, 0.25) is 0 Å². The lowest BCUT2D eigenvalue weighted by atomic mass is 10.1. The molecule has 1 aliphatic rings. The molecule has 0 aliphatic carbocycles. The number of carbonyl (C=O) groups excluding carboxylic acids is 1. The van der Waals surface area contributed by atoms with E-state index in [0.29, 0.717) is 18.8 Å². The largest absolute Gasteiger partial charge is 0.336 e. The Labute approximate surface area is 108 Å². The van der Waals surface area contributed by atoms with Gasteiger partial charge in [0, 0.05) is 13.0 Å². The quantitative estimate of drug-likeness (QED) is 0.594. The van der Waals surface area contributed by atoms with Crippen LogP contribution >= 0.6 is 0 Å². The van der Waals surface area contributed by atoms with E-state index in [1.54, 1.807) is 17.0 Å². The summed E-state index contributed by atoms with van der Waals surface area (Å²) in [4.78, 5) is 16.4. The molecule has 0 bridgehead atoms. The van der Waals surface area contributed by atoms with Gasteiger partial charge in [-0.25, -0.2) is 4.98 Å².